The molecule has 0 heterocycles. The van der Waals surface area contributed by atoms with Crippen LogP contribution in [0.3, 0.4) is 0 Å². The maximum atomic E-state index is 12.5. The van der Waals surface area contributed by atoms with Crippen molar-refractivity contribution in [3.05, 3.63) is 47.0 Å². The number of aryl methyl sites for hydroxylation is 1. The molecule has 0 aromatic heterocycles. The Kier molecular flexibility index (Phi) is 9.01. The summed E-state index contributed by atoms with van der Waals surface area (Å²) in [5, 5.41) is 11.2. The van der Waals surface area contributed by atoms with Crippen molar-refractivity contribution in [3.63, 3.8) is 0 Å². The van der Waals surface area contributed by atoms with Crippen LogP contribution in [0.2, 0.25) is 0 Å². The minimum atomic E-state index is -1.35. The van der Waals surface area contributed by atoms with Crippen LogP contribution in [0.1, 0.15) is 55.2 Å². The molecule has 0 aliphatic heterocycles. The summed E-state index contributed by atoms with van der Waals surface area (Å²) in [5.74, 6) is -0.0804. The van der Waals surface area contributed by atoms with Gasteiger partial charge < -0.3 is 15.2 Å². The van der Waals surface area contributed by atoms with Crippen LogP contribution in [0.25, 0.3) is 0 Å². The molecule has 1 aromatic carbocycles. The van der Waals surface area contributed by atoms with Gasteiger partial charge in [0.15, 0.2) is 0 Å². The Balaban J connectivity index is 2.06. The van der Waals surface area contributed by atoms with Gasteiger partial charge >= 0.3 is 6.16 Å². The lowest BCUT2D eigenvalue weighted by molar-refractivity contribution is -0.120. The molecule has 152 valence electrons. The van der Waals surface area contributed by atoms with Crippen molar-refractivity contribution in [1.82, 2.24) is 5.32 Å². The largest absolute Gasteiger partial charge is 0.506 e. The number of halogens is 1. The SMILES string of the molecule is O=C(Cl)CCc1cc(COC(=O)O)ccc1CC(=O)NC1C=CCCCCC1. The molecule has 0 spiro atoms. The van der Waals surface area contributed by atoms with Crippen LogP contribution in [-0.4, -0.2) is 28.5 Å². The summed E-state index contributed by atoms with van der Waals surface area (Å²) in [5.41, 5.74) is 2.25. The standard InChI is InChI=1S/C21H26ClNO5/c22-19(24)11-10-16-12-15(14-28-21(26)27)8-9-17(16)13-20(25)23-18-6-4-2-1-3-5-7-18/h4,6,8-9,12,18H,1-3,5,7,10-11,13-14H2,(H,23,25)(H,26,27). The van der Waals surface area contributed by atoms with Crippen LogP contribution in [0.4, 0.5) is 4.79 Å². The lowest BCUT2D eigenvalue weighted by Gasteiger charge is -2.18. The van der Waals surface area contributed by atoms with Crippen molar-refractivity contribution in [2.24, 2.45) is 0 Å². The van der Waals surface area contributed by atoms with Gasteiger partial charge in [-0.3, -0.25) is 9.59 Å². The van der Waals surface area contributed by atoms with Crippen molar-refractivity contribution in [2.75, 3.05) is 0 Å². The molecule has 0 bridgehead atoms. The van der Waals surface area contributed by atoms with Crippen molar-refractivity contribution in [3.8, 4) is 0 Å². The van der Waals surface area contributed by atoms with Crippen LogP contribution in [0.5, 0.6) is 0 Å². The Morgan fingerprint density at radius 3 is 2.75 bits per heavy atom. The summed E-state index contributed by atoms with van der Waals surface area (Å²) in [4.78, 5) is 34.3. The van der Waals surface area contributed by atoms with E-state index in [0.29, 0.717) is 12.0 Å². The fraction of sp³-hybridized carbons (Fsp3) is 0.476. The second-order valence-electron chi connectivity index (χ2n) is 6.93. The molecule has 2 rings (SSSR count). The van der Waals surface area contributed by atoms with Crippen molar-refractivity contribution >= 4 is 28.9 Å². The number of rotatable bonds is 8. The molecular weight excluding hydrogens is 382 g/mol. The summed E-state index contributed by atoms with van der Waals surface area (Å²) >= 11 is 5.46. The Morgan fingerprint density at radius 2 is 2.00 bits per heavy atom. The first kappa shape index (κ1) is 22.0. The summed E-state index contributed by atoms with van der Waals surface area (Å²) in [6.45, 7) is -0.0868. The Bertz CT molecular complexity index is 732. The second-order valence-corrected chi connectivity index (χ2v) is 7.35. The molecule has 1 unspecified atom stereocenters. The van der Waals surface area contributed by atoms with Crippen LogP contribution in [0, 0.1) is 0 Å². The van der Waals surface area contributed by atoms with E-state index in [4.69, 9.17) is 16.7 Å². The van der Waals surface area contributed by atoms with E-state index in [9.17, 15) is 14.4 Å². The van der Waals surface area contributed by atoms with E-state index in [1.54, 1.807) is 18.2 Å². The first-order valence-electron chi connectivity index (χ1n) is 9.55. The van der Waals surface area contributed by atoms with E-state index in [1.165, 1.54) is 12.8 Å². The number of ether oxygens (including phenoxy) is 1. The van der Waals surface area contributed by atoms with Gasteiger partial charge in [-0.2, -0.15) is 0 Å². The van der Waals surface area contributed by atoms with Crippen LogP contribution in [-0.2, 0) is 33.8 Å². The van der Waals surface area contributed by atoms with E-state index in [-0.39, 0.29) is 31.4 Å². The normalized spacial score (nSPS) is 16.7. The van der Waals surface area contributed by atoms with Gasteiger partial charge in [-0.05, 0) is 54.0 Å². The number of carbonyl (C=O) groups is 3. The number of hydrogen-bond acceptors (Lipinski definition) is 4. The first-order valence-corrected chi connectivity index (χ1v) is 9.92. The van der Waals surface area contributed by atoms with Gasteiger partial charge in [0, 0.05) is 12.5 Å². The topological polar surface area (TPSA) is 92.7 Å². The quantitative estimate of drug-likeness (QED) is 0.384. The summed E-state index contributed by atoms with van der Waals surface area (Å²) < 4.78 is 4.59. The smallest absolute Gasteiger partial charge is 0.450 e. The van der Waals surface area contributed by atoms with Gasteiger partial charge in [-0.25, -0.2) is 4.79 Å². The van der Waals surface area contributed by atoms with E-state index < -0.39 is 11.4 Å². The maximum absolute atomic E-state index is 12.5. The van der Waals surface area contributed by atoms with Crippen molar-refractivity contribution in [1.29, 1.82) is 0 Å². The lowest BCUT2D eigenvalue weighted by Crippen LogP contribution is -2.35. The van der Waals surface area contributed by atoms with Crippen molar-refractivity contribution in [2.45, 2.75) is 64.0 Å². The van der Waals surface area contributed by atoms with Crippen LogP contribution in [0.15, 0.2) is 30.4 Å². The monoisotopic (exact) mass is 407 g/mol. The molecule has 0 radical (unpaired) electrons. The maximum Gasteiger partial charge on any atom is 0.506 e. The van der Waals surface area contributed by atoms with Gasteiger partial charge in [0.25, 0.3) is 0 Å². The third kappa shape index (κ3) is 8.13. The molecule has 1 aliphatic carbocycles. The van der Waals surface area contributed by atoms with Crippen molar-refractivity contribution < 1.29 is 24.2 Å². The molecule has 1 atom stereocenters. The first-order chi connectivity index (χ1) is 13.4. The highest BCUT2D eigenvalue weighted by molar-refractivity contribution is 6.63. The highest BCUT2D eigenvalue weighted by Gasteiger charge is 2.14. The second kappa shape index (κ2) is 11.5. The van der Waals surface area contributed by atoms with E-state index in [1.807, 2.05) is 0 Å². The summed E-state index contributed by atoms with van der Waals surface area (Å²) in [6, 6.07) is 5.32. The molecule has 6 nitrogen and oxygen atoms in total. The van der Waals surface area contributed by atoms with Gasteiger partial charge in [0.1, 0.15) is 6.61 Å². The average molecular weight is 408 g/mol. The van der Waals surface area contributed by atoms with Gasteiger partial charge in [0.05, 0.1) is 6.42 Å². The summed E-state index contributed by atoms with van der Waals surface area (Å²) in [7, 11) is 0. The number of benzene rings is 1. The van der Waals surface area contributed by atoms with E-state index in [2.05, 4.69) is 22.2 Å². The predicted molar refractivity (Wildman–Crippen MR) is 106 cm³/mol. The van der Waals surface area contributed by atoms with Crippen LogP contribution < -0.4 is 5.32 Å². The molecule has 28 heavy (non-hydrogen) atoms. The zero-order chi connectivity index (χ0) is 20.4. The highest BCUT2D eigenvalue weighted by atomic mass is 35.5. The van der Waals surface area contributed by atoms with E-state index >= 15 is 0 Å². The fourth-order valence-corrected chi connectivity index (χ4v) is 3.36. The molecule has 1 aliphatic rings. The molecule has 2 N–H and O–H groups in total. The number of hydrogen-bond donors (Lipinski definition) is 2. The molecule has 0 fully saturated rings. The highest BCUT2D eigenvalue weighted by Crippen LogP contribution is 2.18. The minimum Gasteiger partial charge on any atom is -0.450 e. The Labute approximate surface area is 169 Å². The number of carboxylic acid groups (broad SMARTS) is 1. The zero-order valence-electron chi connectivity index (χ0n) is 15.8. The third-order valence-corrected chi connectivity index (χ3v) is 4.86. The fourth-order valence-electron chi connectivity index (χ4n) is 3.26. The van der Waals surface area contributed by atoms with Gasteiger partial charge in [0.2, 0.25) is 11.1 Å². The minimum absolute atomic E-state index is 0.0453. The number of nitrogens with one attached hydrogen (secondary N) is 1. The zero-order valence-corrected chi connectivity index (χ0v) is 16.5. The van der Waals surface area contributed by atoms with Gasteiger partial charge in [-0.1, -0.05) is 43.2 Å². The summed E-state index contributed by atoms with van der Waals surface area (Å²) in [6.07, 6.45) is 8.99. The van der Waals surface area contributed by atoms with Crippen LogP contribution >= 0.6 is 11.6 Å². The predicted octanol–water partition coefficient (Wildman–Crippen LogP) is 4.13. The molecule has 0 saturated carbocycles. The average Bonchev–Trinajstić information content (AvgIpc) is 2.61. The third-order valence-electron chi connectivity index (χ3n) is 4.68. The molecule has 7 heteroatoms. The number of amides is 1. The Morgan fingerprint density at radius 1 is 1.18 bits per heavy atom. The molecule has 1 aromatic rings. The molecule has 1 amide bonds. The van der Waals surface area contributed by atoms with E-state index in [0.717, 1.165) is 30.4 Å². The number of carbonyl (C=O) groups excluding carboxylic acids is 2. The molecular formula is C21H26ClNO5. The lowest BCUT2D eigenvalue weighted by atomic mass is 9.97. The number of allylic oxidation sites excluding steroid dienone is 1. The Hall–Kier alpha value is -2.34. The van der Waals surface area contributed by atoms with Gasteiger partial charge in [-0.15, -0.1) is 0 Å². The molecule has 0 saturated heterocycles.